The van der Waals surface area contributed by atoms with Crippen molar-refractivity contribution in [1.29, 1.82) is 0 Å². The molecule has 234 valence electrons. The molecule has 0 radical (unpaired) electrons. The van der Waals surface area contributed by atoms with E-state index in [0.717, 1.165) is 21.9 Å². The van der Waals surface area contributed by atoms with Crippen LogP contribution in [0.5, 0.6) is 0 Å². The van der Waals surface area contributed by atoms with Crippen LogP contribution in [0.3, 0.4) is 0 Å². The topological polar surface area (TPSA) is 13.1 Å². The Hall–Kier alpha value is -6.18. The third-order valence-electron chi connectivity index (χ3n) is 11.4. The zero-order valence-electron chi connectivity index (χ0n) is 27.9. The van der Waals surface area contributed by atoms with Crippen LogP contribution in [0, 0.1) is 0 Å². The zero-order valence-corrected chi connectivity index (χ0v) is 27.9. The van der Waals surface area contributed by atoms with Crippen molar-refractivity contribution < 1.29 is 4.42 Å². The number of hydrogen-bond acceptors (Lipinski definition) is 1. The molecule has 11 rings (SSSR count). The van der Waals surface area contributed by atoms with Gasteiger partial charge in [-0.2, -0.15) is 0 Å². The predicted octanol–water partition coefficient (Wildman–Crippen LogP) is 13.8. The summed E-state index contributed by atoms with van der Waals surface area (Å²) < 4.78 is 6.66. The van der Waals surface area contributed by atoms with Crippen LogP contribution in [0.4, 0.5) is 0 Å². The van der Waals surface area contributed by atoms with E-state index in [1.165, 1.54) is 87.6 Å². The van der Waals surface area contributed by atoms with Gasteiger partial charge in [-0.05, 0) is 113 Å². The van der Waals surface area contributed by atoms with Crippen LogP contribution in [-0.4, -0.2) is 0 Å². The highest BCUT2D eigenvalue weighted by Crippen LogP contribution is 2.53. The molecule has 50 heavy (non-hydrogen) atoms. The Bertz CT molecular complexity index is 3010. The van der Waals surface area contributed by atoms with Gasteiger partial charge in [-0.3, -0.25) is 0 Å². The van der Waals surface area contributed by atoms with Crippen LogP contribution in [-0.2, 0) is 5.41 Å². The maximum atomic E-state index is 6.66. The molecule has 0 saturated carbocycles. The first-order valence-corrected chi connectivity index (χ1v) is 17.5. The zero-order chi connectivity index (χ0) is 33.1. The van der Waals surface area contributed by atoms with E-state index in [0.29, 0.717) is 0 Å². The van der Waals surface area contributed by atoms with Crippen molar-refractivity contribution in [3.63, 3.8) is 0 Å². The van der Waals surface area contributed by atoms with Gasteiger partial charge in [0.25, 0.3) is 0 Å². The second kappa shape index (κ2) is 9.94. The van der Waals surface area contributed by atoms with E-state index in [9.17, 15) is 0 Å². The lowest BCUT2D eigenvalue weighted by molar-refractivity contribution is 0.661. The van der Waals surface area contributed by atoms with Crippen LogP contribution in [0.15, 0.2) is 162 Å². The molecule has 0 fully saturated rings. The molecule has 0 bridgehead atoms. The number of rotatable bonds is 2. The van der Waals surface area contributed by atoms with Gasteiger partial charge in [-0.1, -0.05) is 141 Å². The van der Waals surface area contributed by atoms with E-state index >= 15 is 0 Å². The molecule has 1 heterocycles. The summed E-state index contributed by atoms with van der Waals surface area (Å²) in [5.74, 6) is 0. The summed E-state index contributed by atoms with van der Waals surface area (Å²) in [6.07, 6.45) is 0. The normalized spacial score (nSPS) is 13.6. The van der Waals surface area contributed by atoms with E-state index in [-0.39, 0.29) is 5.41 Å². The smallest absolute Gasteiger partial charge is 0.143 e. The molecule has 0 spiro atoms. The second-order valence-corrected chi connectivity index (χ2v) is 14.4. The molecule has 9 aromatic carbocycles. The SMILES string of the molecule is CC1(C)c2cc(-c3c4ccccc4c(-c4cccc5oc6c7ccccc7ccc6c45)c4ccccc34)ccc2-c2cc3ccccc3cc21. The Kier molecular flexibility index (Phi) is 5.51. The summed E-state index contributed by atoms with van der Waals surface area (Å²) >= 11 is 0. The van der Waals surface area contributed by atoms with Crippen molar-refractivity contribution in [2.45, 2.75) is 19.3 Å². The minimum Gasteiger partial charge on any atom is -0.455 e. The van der Waals surface area contributed by atoms with Gasteiger partial charge < -0.3 is 4.42 Å². The van der Waals surface area contributed by atoms with E-state index in [4.69, 9.17) is 4.42 Å². The van der Waals surface area contributed by atoms with Gasteiger partial charge >= 0.3 is 0 Å². The summed E-state index contributed by atoms with van der Waals surface area (Å²) in [7, 11) is 0. The standard InChI is InChI=1S/C49H32O/c1-49(2)42-28-32(23-24-34(42)41-26-30-13-3-4-14-31(30)27-43(41)49)45-35-16-7-9-18-37(35)46(38-19-10-8-17-36(38)45)39-20-11-21-44-47(39)40-25-22-29-12-5-6-15-33(29)48(40)50-44/h3-28H,1-2H3. The average Bonchev–Trinajstić information content (AvgIpc) is 3.65. The minimum atomic E-state index is -0.113. The van der Waals surface area contributed by atoms with Gasteiger partial charge in [0.05, 0.1) is 0 Å². The minimum absolute atomic E-state index is 0.113. The number of hydrogen-bond donors (Lipinski definition) is 0. The van der Waals surface area contributed by atoms with E-state index in [2.05, 4.69) is 172 Å². The van der Waals surface area contributed by atoms with Crippen LogP contribution in [0.25, 0.3) is 98.4 Å². The van der Waals surface area contributed by atoms with E-state index in [1.54, 1.807) is 0 Å². The molecule has 1 heteroatoms. The summed E-state index contributed by atoms with van der Waals surface area (Å²) in [5.41, 5.74) is 12.2. The lowest BCUT2D eigenvalue weighted by Crippen LogP contribution is -2.15. The van der Waals surface area contributed by atoms with Gasteiger partial charge in [-0.25, -0.2) is 0 Å². The molecule has 0 amide bonds. The van der Waals surface area contributed by atoms with E-state index in [1.807, 2.05) is 0 Å². The van der Waals surface area contributed by atoms with Crippen molar-refractivity contribution in [3.05, 3.63) is 169 Å². The van der Waals surface area contributed by atoms with Crippen LogP contribution in [0.2, 0.25) is 0 Å². The average molecular weight is 637 g/mol. The first kappa shape index (κ1) is 27.7. The maximum absolute atomic E-state index is 6.66. The Balaban J connectivity index is 1.19. The van der Waals surface area contributed by atoms with Crippen molar-refractivity contribution in [3.8, 4) is 33.4 Å². The van der Waals surface area contributed by atoms with Gasteiger partial charge in [0.1, 0.15) is 11.2 Å². The molecular formula is C49H32O. The fraction of sp³-hybridized carbons (Fsp3) is 0.0612. The fourth-order valence-electron chi connectivity index (χ4n) is 9.07. The number of fused-ring (bicyclic) bond motifs is 11. The fourth-order valence-corrected chi connectivity index (χ4v) is 9.07. The predicted molar refractivity (Wildman–Crippen MR) is 212 cm³/mol. The Morgan fingerprint density at radius 2 is 1.00 bits per heavy atom. The van der Waals surface area contributed by atoms with Gasteiger partial charge in [0.15, 0.2) is 0 Å². The lowest BCUT2D eigenvalue weighted by Gasteiger charge is -2.23. The highest BCUT2D eigenvalue weighted by atomic mass is 16.3. The third-order valence-corrected chi connectivity index (χ3v) is 11.4. The van der Waals surface area contributed by atoms with Gasteiger partial charge in [-0.15, -0.1) is 0 Å². The Labute approximate surface area is 290 Å². The molecular weight excluding hydrogens is 605 g/mol. The van der Waals surface area contributed by atoms with Gasteiger partial charge in [0, 0.05) is 21.6 Å². The molecule has 0 atom stereocenters. The quantitative estimate of drug-likeness (QED) is 0.172. The van der Waals surface area contributed by atoms with Crippen molar-refractivity contribution >= 4 is 65.0 Å². The Morgan fingerprint density at radius 3 is 1.72 bits per heavy atom. The molecule has 0 N–H and O–H groups in total. The Morgan fingerprint density at radius 1 is 0.400 bits per heavy atom. The third kappa shape index (κ3) is 3.67. The van der Waals surface area contributed by atoms with Crippen LogP contribution in [0.1, 0.15) is 25.0 Å². The monoisotopic (exact) mass is 636 g/mol. The van der Waals surface area contributed by atoms with Crippen molar-refractivity contribution in [2.75, 3.05) is 0 Å². The van der Waals surface area contributed by atoms with E-state index < -0.39 is 0 Å². The molecule has 1 aliphatic rings. The number of benzene rings is 9. The lowest BCUT2D eigenvalue weighted by atomic mass is 9.80. The van der Waals surface area contributed by atoms with Crippen molar-refractivity contribution in [1.82, 2.24) is 0 Å². The first-order chi connectivity index (χ1) is 24.6. The molecule has 0 aliphatic heterocycles. The van der Waals surface area contributed by atoms with Gasteiger partial charge in [0.2, 0.25) is 0 Å². The van der Waals surface area contributed by atoms with Crippen LogP contribution < -0.4 is 0 Å². The highest BCUT2D eigenvalue weighted by Gasteiger charge is 2.36. The molecule has 10 aromatic rings. The van der Waals surface area contributed by atoms with Crippen LogP contribution >= 0.6 is 0 Å². The first-order valence-electron chi connectivity index (χ1n) is 17.5. The number of furan rings is 1. The molecule has 1 nitrogen and oxygen atoms in total. The highest BCUT2D eigenvalue weighted by molar-refractivity contribution is 6.27. The molecule has 1 aromatic heterocycles. The molecule has 0 unspecified atom stereocenters. The summed E-state index contributed by atoms with van der Waals surface area (Å²) in [6.45, 7) is 4.77. The molecule has 0 saturated heterocycles. The largest absolute Gasteiger partial charge is 0.455 e. The second-order valence-electron chi connectivity index (χ2n) is 14.4. The summed E-state index contributed by atoms with van der Waals surface area (Å²) in [4.78, 5) is 0. The summed E-state index contributed by atoms with van der Waals surface area (Å²) in [5, 5.41) is 12.3. The summed E-state index contributed by atoms with van der Waals surface area (Å²) in [6, 6.07) is 58.2. The maximum Gasteiger partial charge on any atom is 0.143 e. The van der Waals surface area contributed by atoms with Crippen molar-refractivity contribution in [2.24, 2.45) is 0 Å². The molecule has 1 aliphatic carbocycles.